The van der Waals surface area contributed by atoms with Gasteiger partial charge in [-0.3, -0.25) is 33.0 Å². The van der Waals surface area contributed by atoms with Crippen LogP contribution in [0.4, 0.5) is 34.8 Å². The Hall–Kier alpha value is -15.7. The molecule has 18 rings (SSSR count). The third kappa shape index (κ3) is 23.9. The number of aromatic carboxylic acids is 1. The van der Waals surface area contributed by atoms with E-state index in [1.807, 2.05) is 91.0 Å². The summed E-state index contributed by atoms with van der Waals surface area (Å²) in [4.78, 5) is 145. The zero-order valence-electron chi connectivity index (χ0n) is 73.7. The van der Waals surface area contributed by atoms with E-state index in [4.69, 9.17) is 47.3 Å². The standard InChI is InChI=1S/C26H22N6O4.C25H19N5O4.C24H17N5O4.C14H12N4O3.C2H7NO.2CH4.Al.BH2I.ClH.Li.H2O.2H/c1-30(35-2)25(33)17-7-6-8-19(15-17)32-24-22(23(27)28-16-29-24)31(26(32)34)18-11-13-21(14-12-18)36-20-9-4-3-5-10-20;1-33-24(31)16-6-5-7-18(14-16)30-23-21(22(26)27-15-28-23)29(25(30)32)17-10-12-20(13-11-17)34-19-8-3-2-4-9-19;25-21-20-22(27-14-26-21)29(17-6-4-5-15(13-17)23(30)31)24(32)28(20)16-9-11-19(12-10-16)33-18-7-2-1-3-8-18;1-21-14(20)8-3-2-4-9(5-8)18-11(19)6-10-12(15)16-7-17-13(10)18;1-3-4-2;;;;1-2;;;;;/h3-16H,1-2H3,(H2,27,28,29);2-15H,1H3,(H2,26,27,28);1-14H,(H,30,31)(H2,25,26,27);2-5,7H,6H2,1H3,(H2,15,16,17);3H,1-2H3;2*1H4;;2H2;1H;;1H2;;/q;;;;;;;;;;+1;;;/p-1/i;;;;;;;;2D;;;;;. The number of carboxylic acids is 1. The number of amides is 2. The molecule has 0 bridgehead atoms. The van der Waals surface area contributed by atoms with Gasteiger partial charge in [-0.2, -0.15) is 0 Å². The van der Waals surface area contributed by atoms with Crippen LogP contribution >= 0.6 is 34.6 Å². The van der Waals surface area contributed by atoms with E-state index in [-0.39, 0.29) is 116 Å². The molecule has 1 aliphatic heterocycles. The minimum absolute atomic E-state index is 0. The number of ether oxygens (including phenoxy) is 5. The van der Waals surface area contributed by atoms with Gasteiger partial charge in [-0.1, -0.05) is 93.7 Å². The van der Waals surface area contributed by atoms with Crippen molar-refractivity contribution >= 4 is 156 Å². The zero-order chi connectivity index (χ0) is 92.9. The number of nitrogen functional groups attached to an aromatic ring is 4. The van der Waals surface area contributed by atoms with Gasteiger partial charge in [0, 0.05) is 25.2 Å². The molecule has 17 aromatic rings. The van der Waals surface area contributed by atoms with Gasteiger partial charge in [0.25, 0.3) is 5.91 Å². The Morgan fingerprint density at radius 1 is 0.426 bits per heavy atom. The maximum atomic E-state index is 13.7. The normalized spacial score (nSPS) is 10.7. The van der Waals surface area contributed by atoms with Gasteiger partial charge < -0.3 is 62.0 Å². The summed E-state index contributed by atoms with van der Waals surface area (Å²) in [6.45, 7) is 0. The summed E-state index contributed by atoms with van der Waals surface area (Å²) in [5.41, 5.74) is 37.0. The Bertz CT molecular complexity index is 7230. The fourth-order valence-corrected chi connectivity index (χ4v) is 13.4. The summed E-state index contributed by atoms with van der Waals surface area (Å²) in [5, 5.41) is 10.4. The van der Waals surface area contributed by atoms with E-state index >= 15 is 0 Å². The fourth-order valence-electron chi connectivity index (χ4n) is 13.4. The van der Waals surface area contributed by atoms with Crippen LogP contribution in [0.2, 0.25) is 0 Å². The van der Waals surface area contributed by atoms with Gasteiger partial charge in [0.2, 0.25) is 5.91 Å². The molecule has 0 saturated heterocycles. The van der Waals surface area contributed by atoms with Gasteiger partial charge in [-0.05, 0) is 182 Å². The maximum Gasteiger partial charge on any atom is 1.00 e. The van der Waals surface area contributed by atoms with Crippen LogP contribution in [-0.4, -0.2) is 179 Å². The number of nitrogens with zero attached hydrogens (tertiary/aromatic N) is 16. The molecule has 0 saturated carbocycles. The second kappa shape index (κ2) is 49.7. The number of aromatic nitrogens is 14. The van der Waals surface area contributed by atoms with Crippen molar-refractivity contribution in [3.63, 3.8) is 0 Å². The number of hydroxylamine groups is 3. The molecular formula is C93H91AlBClILiN21O17. The summed E-state index contributed by atoms with van der Waals surface area (Å²) in [6, 6.07) is 74.9. The molecule has 691 valence electrons. The number of benzene rings is 10. The fraction of sp³-hybridized carbons (Fsp3) is 0.0968. The van der Waals surface area contributed by atoms with Crippen LogP contribution in [0.1, 0.15) is 61.8 Å². The minimum atomic E-state index is -1.10. The molecule has 2 amide bonds. The van der Waals surface area contributed by atoms with Crippen LogP contribution in [0, 0.1) is 0 Å². The number of fused-ring (bicyclic) bond motifs is 4. The van der Waals surface area contributed by atoms with Crippen LogP contribution in [0.25, 0.3) is 67.6 Å². The first-order valence-corrected chi connectivity index (χ1v) is 40.2. The van der Waals surface area contributed by atoms with Crippen molar-refractivity contribution in [1.82, 2.24) is 77.8 Å². The Morgan fingerprint density at radius 3 is 1.05 bits per heavy atom. The number of nitrogens with two attached hydrogens (primary N) is 4. The van der Waals surface area contributed by atoms with Crippen molar-refractivity contribution in [3.05, 3.63) is 345 Å². The van der Waals surface area contributed by atoms with Gasteiger partial charge >= 0.3 is 82.3 Å². The predicted octanol–water partition coefficient (Wildman–Crippen LogP) is 9.36. The third-order valence-electron chi connectivity index (χ3n) is 19.4. The van der Waals surface area contributed by atoms with Crippen molar-refractivity contribution in [3.8, 4) is 68.6 Å². The molecular weight excluding hydrogens is 1890 g/mol. The molecule has 38 nitrogen and oxygen atoms in total. The summed E-state index contributed by atoms with van der Waals surface area (Å²) < 4.78 is 41.5. The first-order chi connectivity index (χ1) is 63.5. The number of esters is 2. The van der Waals surface area contributed by atoms with Crippen LogP contribution in [0.3, 0.4) is 0 Å². The van der Waals surface area contributed by atoms with Crippen molar-refractivity contribution in [2.75, 3.05) is 70.4 Å². The van der Waals surface area contributed by atoms with Crippen LogP contribution in [0.15, 0.2) is 301 Å². The van der Waals surface area contributed by atoms with Gasteiger partial charge in [0.15, 0.2) is 34.4 Å². The molecule has 10 aromatic carbocycles. The Labute approximate surface area is 820 Å². The largest absolute Gasteiger partial charge is 1.00 e. The number of hydrogen-bond acceptors (Lipinski definition) is 29. The number of carbonyl (C=O) groups excluding carboxylic acids is 4. The average Bonchev–Trinajstić information content (AvgIpc) is 1.53. The average molecular weight is 1980 g/mol. The number of halogens is 2. The first-order valence-electron chi connectivity index (χ1n) is 39.2. The van der Waals surface area contributed by atoms with Gasteiger partial charge in [0.05, 0.1) is 91.4 Å². The quantitative estimate of drug-likeness (QED) is 0.0190. The molecule has 0 fully saturated rings. The van der Waals surface area contributed by atoms with Crippen LogP contribution in [-0.2, 0) is 30.4 Å². The number of carboxylic acid groups (broad SMARTS) is 1. The van der Waals surface area contributed by atoms with Crippen molar-refractivity contribution in [1.29, 1.82) is 0.594 Å². The molecule has 43 heteroatoms. The predicted molar refractivity (Wildman–Crippen MR) is 528 cm³/mol. The molecule has 7 aromatic heterocycles. The Kier molecular flexibility index (Phi) is 38.6. The minimum Gasteiger partial charge on any atom is -0.870 e. The number of para-hydroxylation sites is 3. The second-order valence-electron chi connectivity index (χ2n) is 27.2. The number of methoxy groups -OCH3 is 2. The monoisotopic (exact) mass is 1980 g/mol. The molecule has 1 aliphatic rings. The molecule has 0 unspecified atom stereocenters. The SMILES string of the molecule is C.C.CNOC.COC(=O)c1cccc(-n2c(=O)n(-c3ccc(Oc4ccccc4)cc3)c3c(N)ncnc32)c1.COC(=O)c1cccc(N2C(=O)Cc3c(N)ncnc32)c1.CON(C)C(=O)c1cccc(-n2c(=O)n(-c3ccc(Oc4ccccc4)cc3)c3c(N)ncnc32)c1.Cl.Nc1ncnc2c1n(-c1ccc(Oc3ccccc3)cc1)c(=O)n2-c1cccc(C(=O)O)c1.[2H][IH][B].[AlH2].[Li+].[OH-]. The molecule has 136 heavy (non-hydrogen) atoms. The molecule has 0 aliphatic carbocycles. The molecule has 0 spiro atoms. The van der Waals surface area contributed by atoms with E-state index in [0.29, 0.717) is 136 Å². The Morgan fingerprint density at radius 2 is 0.721 bits per heavy atom. The van der Waals surface area contributed by atoms with Gasteiger partial charge in [-0.25, -0.2) is 92.9 Å². The Balaban J connectivity index is 0.000000242. The van der Waals surface area contributed by atoms with Crippen molar-refractivity contribution in [2.45, 2.75) is 21.3 Å². The number of rotatable bonds is 19. The second-order valence-corrected chi connectivity index (χ2v) is 27.2. The van der Waals surface area contributed by atoms with Crippen LogP contribution in [0.5, 0.6) is 34.5 Å². The number of carbonyl (C=O) groups is 5. The van der Waals surface area contributed by atoms with Crippen molar-refractivity contribution in [2.24, 2.45) is 0 Å². The van der Waals surface area contributed by atoms with E-state index in [0.717, 1.165) is 5.06 Å². The van der Waals surface area contributed by atoms with Gasteiger partial charge in [0.1, 0.15) is 105 Å². The number of hydrogen-bond donors (Lipinski definition) is 6. The maximum absolute atomic E-state index is 13.7. The third-order valence-corrected chi connectivity index (χ3v) is 19.4. The number of anilines is 6. The topological polar surface area (TPSA) is 507 Å². The summed E-state index contributed by atoms with van der Waals surface area (Å²) in [6.07, 6.45) is 5.30. The first kappa shape index (κ1) is 106. The smallest absolute Gasteiger partial charge is 0.870 e. The molecule has 8 heterocycles. The number of imidazole rings is 3. The van der Waals surface area contributed by atoms with E-state index in [2.05, 4.69) is 60.6 Å². The van der Waals surface area contributed by atoms with Crippen LogP contribution < -0.4 is 83.5 Å². The summed E-state index contributed by atoms with van der Waals surface area (Å²) >= 11 is -0.780. The van der Waals surface area contributed by atoms with E-state index in [9.17, 15) is 43.5 Å². The zero-order valence-corrected chi connectivity index (χ0v) is 77.9. The van der Waals surface area contributed by atoms with Gasteiger partial charge in [-0.15, -0.1) is 12.4 Å². The molecule has 0 atom stereocenters. The summed E-state index contributed by atoms with van der Waals surface area (Å²) in [7, 11) is 8.78. The van der Waals surface area contributed by atoms with Crippen molar-refractivity contribution < 1.29 is 86.8 Å². The summed E-state index contributed by atoms with van der Waals surface area (Å²) in [5.74, 6) is 2.46. The molecule has 11 N–H and O–H groups in total. The van der Waals surface area contributed by atoms with E-state index in [1.54, 1.807) is 172 Å². The van der Waals surface area contributed by atoms with E-state index < -0.39 is 57.2 Å². The number of nitrogens with one attached hydrogen (secondary N) is 1. The van der Waals surface area contributed by atoms with E-state index in [1.165, 1.54) is 98.1 Å². The molecule has 3 radical (unpaired) electrons.